The Labute approximate surface area is 197 Å². The predicted molar refractivity (Wildman–Crippen MR) is 130 cm³/mol. The van der Waals surface area contributed by atoms with Crippen molar-refractivity contribution in [2.75, 3.05) is 7.05 Å². The second-order valence-electron chi connectivity index (χ2n) is 10.6. The number of carboxylic acids is 1. The van der Waals surface area contributed by atoms with Crippen LogP contribution < -0.4 is 5.32 Å². The van der Waals surface area contributed by atoms with Gasteiger partial charge in [0.05, 0.1) is 6.04 Å². The highest BCUT2D eigenvalue weighted by atomic mass is 16.4. The van der Waals surface area contributed by atoms with Gasteiger partial charge in [-0.2, -0.15) is 0 Å². The highest BCUT2D eigenvalue weighted by molar-refractivity contribution is 5.91. The molecule has 0 aromatic heterocycles. The zero-order chi connectivity index (χ0) is 25.7. The van der Waals surface area contributed by atoms with Gasteiger partial charge in [-0.15, -0.1) is 0 Å². The predicted octanol–water partition coefficient (Wildman–Crippen LogP) is 3.37. The molecule has 0 aliphatic heterocycles. The van der Waals surface area contributed by atoms with Crippen LogP contribution in [0.5, 0.6) is 0 Å². The van der Waals surface area contributed by atoms with Crippen molar-refractivity contribution < 1.29 is 24.6 Å². The van der Waals surface area contributed by atoms with Gasteiger partial charge in [-0.05, 0) is 23.8 Å². The molecule has 0 spiro atoms. The van der Waals surface area contributed by atoms with E-state index in [1.165, 1.54) is 11.8 Å². The van der Waals surface area contributed by atoms with Crippen molar-refractivity contribution in [1.29, 1.82) is 0 Å². The molecule has 0 bridgehead atoms. The second-order valence-corrected chi connectivity index (χ2v) is 10.6. The fourth-order valence-electron chi connectivity index (χ4n) is 3.65. The number of hydrogen-bond donors (Lipinski definition) is 3. The molecule has 0 saturated heterocycles. The number of carboxylic acid groups (broad SMARTS) is 1. The Bertz CT molecular complexity index is 868. The first-order valence-electron chi connectivity index (χ1n) is 11.2. The first-order valence-corrected chi connectivity index (χ1v) is 11.2. The number of nitrogens with one attached hydrogen (secondary N) is 1. The maximum atomic E-state index is 13.5. The van der Waals surface area contributed by atoms with Crippen LogP contribution in [-0.2, 0) is 19.8 Å². The van der Waals surface area contributed by atoms with E-state index in [-0.39, 0.29) is 17.4 Å². The molecule has 0 saturated carbocycles. The molecule has 1 aromatic rings. The molecular weight excluding hydrogens is 420 g/mol. The molecule has 2 amide bonds. The van der Waals surface area contributed by atoms with Crippen molar-refractivity contribution in [3.05, 3.63) is 47.5 Å². The third-order valence-electron chi connectivity index (χ3n) is 6.09. The summed E-state index contributed by atoms with van der Waals surface area (Å²) < 4.78 is 0. The van der Waals surface area contributed by atoms with Crippen LogP contribution >= 0.6 is 0 Å². The molecule has 0 heterocycles. The number of carbonyl (C=O) groups excluding carboxylic acids is 2. The molecule has 7 nitrogen and oxygen atoms in total. The van der Waals surface area contributed by atoms with E-state index in [1.54, 1.807) is 27.0 Å². The van der Waals surface area contributed by atoms with Crippen LogP contribution in [0.1, 0.15) is 61.0 Å². The van der Waals surface area contributed by atoms with Crippen molar-refractivity contribution in [3.63, 3.8) is 0 Å². The lowest BCUT2D eigenvalue weighted by Crippen LogP contribution is -2.59. The molecular formula is C26H40N2O5. The molecule has 1 aromatic carbocycles. The third-order valence-corrected chi connectivity index (χ3v) is 6.09. The second kappa shape index (κ2) is 11.0. The van der Waals surface area contributed by atoms with Gasteiger partial charge < -0.3 is 20.4 Å². The van der Waals surface area contributed by atoms with Crippen LogP contribution in [0.15, 0.2) is 42.0 Å². The Hall–Kier alpha value is -2.67. The molecule has 0 radical (unpaired) electrons. The molecule has 7 heteroatoms. The fourth-order valence-corrected chi connectivity index (χ4v) is 3.65. The number of likely N-dealkylation sites (N-methyl/N-ethyl adjacent to an activating group) is 1. The summed E-state index contributed by atoms with van der Waals surface area (Å²) in [6, 6.07) is 7.86. The van der Waals surface area contributed by atoms with Gasteiger partial charge in [0.2, 0.25) is 11.8 Å². The summed E-state index contributed by atoms with van der Waals surface area (Å²) in [6.07, 6.45) is 0.178. The maximum absolute atomic E-state index is 13.5. The van der Waals surface area contributed by atoms with Crippen molar-refractivity contribution in [3.8, 4) is 0 Å². The van der Waals surface area contributed by atoms with Crippen molar-refractivity contribution in [1.82, 2.24) is 10.2 Å². The topological polar surface area (TPSA) is 107 Å². The summed E-state index contributed by atoms with van der Waals surface area (Å²) in [6.45, 7) is 14.3. The van der Waals surface area contributed by atoms with Gasteiger partial charge >= 0.3 is 5.97 Å². The van der Waals surface area contributed by atoms with E-state index in [9.17, 15) is 24.6 Å². The normalized spacial score (nSPS) is 15.5. The average Bonchev–Trinajstić information content (AvgIpc) is 2.73. The van der Waals surface area contributed by atoms with Crippen LogP contribution in [0.3, 0.4) is 0 Å². The lowest BCUT2D eigenvalue weighted by molar-refractivity contribution is -0.143. The molecule has 184 valence electrons. The molecule has 0 unspecified atom stereocenters. The molecule has 0 fully saturated rings. The van der Waals surface area contributed by atoms with E-state index in [4.69, 9.17) is 0 Å². The first-order chi connectivity index (χ1) is 15.0. The van der Waals surface area contributed by atoms with E-state index in [0.717, 1.165) is 5.56 Å². The molecule has 3 N–H and O–H groups in total. The van der Waals surface area contributed by atoms with Crippen LogP contribution in [0.2, 0.25) is 0 Å². The molecule has 33 heavy (non-hydrogen) atoms. The number of hydrogen-bond acceptors (Lipinski definition) is 4. The monoisotopic (exact) mass is 460 g/mol. The lowest BCUT2D eigenvalue weighted by atomic mass is 9.78. The van der Waals surface area contributed by atoms with E-state index >= 15 is 0 Å². The van der Waals surface area contributed by atoms with E-state index in [2.05, 4.69) is 5.32 Å². The quantitative estimate of drug-likeness (QED) is 0.490. The van der Waals surface area contributed by atoms with Gasteiger partial charge in [0.25, 0.3) is 0 Å². The molecule has 1 rings (SSSR count). The summed E-state index contributed by atoms with van der Waals surface area (Å²) in [7, 11) is 1.61. The third kappa shape index (κ3) is 7.16. The summed E-state index contributed by atoms with van der Waals surface area (Å²) in [5.74, 6) is -2.08. The number of aliphatic hydroxyl groups is 1. The summed E-state index contributed by atoms with van der Waals surface area (Å²) in [5, 5.41) is 22.9. The minimum Gasteiger partial charge on any atom is -0.478 e. The van der Waals surface area contributed by atoms with Crippen molar-refractivity contribution in [2.24, 2.45) is 11.3 Å². The smallest absolute Gasteiger partial charge is 0.331 e. The number of aliphatic hydroxyl groups excluding tert-OH is 1. The summed E-state index contributed by atoms with van der Waals surface area (Å²) >= 11 is 0. The number of carbonyl (C=O) groups is 3. The summed E-state index contributed by atoms with van der Waals surface area (Å²) in [5.41, 5.74) is -0.572. The standard InChI is InChI=1S/C26H40N2O5/c1-16(2)19(15-17(3)24(32)33)28(9)23(31)20(25(4,5)6)27-22(30)21(29)26(7,8)18-13-11-10-12-14-18/h10-16,19-21,29H,1-9H3,(H,27,30)(H,32,33)/t19-,20-,21-/m1/s1. The van der Waals surface area contributed by atoms with E-state index in [1.807, 2.05) is 65.0 Å². The number of rotatable bonds is 9. The minimum absolute atomic E-state index is 0.0489. The molecule has 3 atom stereocenters. The number of aliphatic carboxylic acids is 1. The van der Waals surface area contributed by atoms with Crippen LogP contribution in [-0.4, -0.2) is 58.1 Å². The van der Waals surface area contributed by atoms with Gasteiger partial charge in [-0.3, -0.25) is 9.59 Å². The van der Waals surface area contributed by atoms with Gasteiger partial charge in [-0.25, -0.2) is 4.79 Å². The average molecular weight is 461 g/mol. The zero-order valence-electron chi connectivity index (χ0n) is 21.3. The van der Waals surface area contributed by atoms with E-state index < -0.39 is 40.9 Å². The van der Waals surface area contributed by atoms with Crippen LogP contribution in [0.25, 0.3) is 0 Å². The SMILES string of the molecule is CC(=C[C@H](C(C)C)N(C)C(=O)[C@@H](NC(=O)[C@@H](O)C(C)(C)c1ccccc1)C(C)(C)C)C(=O)O. The van der Waals surface area contributed by atoms with Crippen molar-refractivity contribution in [2.45, 2.75) is 79.0 Å². The van der Waals surface area contributed by atoms with Gasteiger partial charge in [0, 0.05) is 18.0 Å². The summed E-state index contributed by atoms with van der Waals surface area (Å²) in [4.78, 5) is 39.4. The Morgan fingerprint density at radius 1 is 1.03 bits per heavy atom. The van der Waals surface area contributed by atoms with Gasteiger partial charge in [-0.1, -0.05) is 84.9 Å². The largest absolute Gasteiger partial charge is 0.478 e. The van der Waals surface area contributed by atoms with Crippen LogP contribution in [0.4, 0.5) is 0 Å². The molecule has 0 aliphatic carbocycles. The van der Waals surface area contributed by atoms with E-state index in [0.29, 0.717) is 0 Å². The Balaban J connectivity index is 3.22. The minimum atomic E-state index is -1.38. The van der Waals surface area contributed by atoms with Crippen molar-refractivity contribution >= 4 is 17.8 Å². The fraction of sp³-hybridized carbons (Fsp3) is 0.577. The number of amides is 2. The Morgan fingerprint density at radius 3 is 1.97 bits per heavy atom. The number of nitrogens with zero attached hydrogens (tertiary/aromatic N) is 1. The highest BCUT2D eigenvalue weighted by Gasteiger charge is 2.41. The highest BCUT2D eigenvalue weighted by Crippen LogP contribution is 2.29. The number of benzene rings is 1. The van der Waals surface area contributed by atoms with Gasteiger partial charge in [0.15, 0.2) is 0 Å². The Morgan fingerprint density at radius 2 is 1.55 bits per heavy atom. The van der Waals surface area contributed by atoms with Gasteiger partial charge in [0.1, 0.15) is 12.1 Å². The zero-order valence-corrected chi connectivity index (χ0v) is 21.3. The molecule has 0 aliphatic rings. The maximum Gasteiger partial charge on any atom is 0.331 e. The first kappa shape index (κ1) is 28.4. The van der Waals surface area contributed by atoms with Crippen LogP contribution in [0, 0.1) is 11.3 Å². The lowest BCUT2D eigenvalue weighted by Gasteiger charge is -2.39. The Kier molecular flexibility index (Phi) is 9.43.